The van der Waals surface area contributed by atoms with Gasteiger partial charge in [-0.3, -0.25) is 4.79 Å². The number of benzene rings is 2. The van der Waals surface area contributed by atoms with Gasteiger partial charge in [0.2, 0.25) is 5.91 Å². The number of aliphatic hydroxyl groups excluding tert-OH is 1. The number of nitrogens with two attached hydrogens (primary N) is 1. The highest BCUT2D eigenvalue weighted by Crippen LogP contribution is 2.13. The Kier molecular flexibility index (Phi) is 7.43. The topological polar surface area (TPSA) is 118 Å². The van der Waals surface area contributed by atoms with Crippen molar-refractivity contribution >= 4 is 5.91 Å². The molecule has 1 atom stereocenters. The molecule has 0 heterocycles. The van der Waals surface area contributed by atoms with E-state index in [1.807, 2.05) is 6.07 Å². The average Bonchev–Trinajstić information content (AvgIpc) is 2.66. The van der Waals surface area contributed by atoms with Crippen LogP contribution in [0.5, 0.6) is 11.5 Å². The van der Waals surface area contributed by atoms with E-state index in [4.69, 9.17) is 20.5 Å². The number of hydrogen-bond acceptors (Lipinski definition) is 6. The van der Waals surface area contributed by atoms with Crippen LogP contribution in [0.3, 0.4) is 0 Å². The molecule has 0 aliphatic carbocycles. The highest BCUT2D eigenvalue weighted by molar-refractivity contribution is 5.92. The van der Waals surface area contributed by atoms with Gasteiger partial charge in [0.15, 0.2) is 0 Å². The molecule has 0 saturated carbocycles. The fourth-order valence-corrected chi connectivity index (χ4v) is 2.13. The van der Waals surface area contributed by atoms with Gasteiger partial charge in [0.05, 0.1) is 11.6 Å². The quantitative estimate of drug-likeness (QED) is 0.549. The van der Waals surface area contributed by atoms with Crippen LogP contribution in [0.4, 0.5) is 0 Å². The lowest BCUT2D eigenvalue weighted by Gasteiger charge is -2.13. The summed E-state index contributed by atoms with van der Waals surface area (Å²) in [5, 5.41) is 21.8. The second-order valence-electron chi connectivity index (χ2n) is 5.55. The molecule has 1 amide bonds. The molecule has 0 radical (unpaired) electrons. The molecule has 0 saturated heterocycles. The summed E-state index contributed by atoms with van der Waals surface area (Å²) >= 11 is 0. The van der Waals surface area contributed by atoms with Crippen LogP contribution in [-0.2, 0) is 0 Å². The van der Waals surface area contributed by atoms with Gasteiger partial charge in [-0.1, -0.05) is 6.07 Å². The Hall–Kier alpha value is -3.08. The van der Waals surface area contributed by atoms with Crippen LogP contribution in [0.2, 0.25) is 0 Å². The number of nitrogens with zero attached hydrogens (tertiary/aromatic N) is 1. The van der Waals surface area contributed by atoms with E-state index < -0.39 is 12.0 Å². The molecule has 0 aromatic heterocycles. The van der Waals surface area contributed by atoms with Crippen LogP contribution < -0.4 is 20.5 Å². The molecule has 2 aromatic rings. The molecule has 7 heteroatoms. The number of nitrogens with one attached hydrogen (secondary N) is 1. The van der Waals surface area contributed by atoms with Crippen molar-refractivity contribution in [3.05, 3.63) is 59.7 Å². The third-order valence-corrected chi connectivity index (χ3v) is 3.47. The second-order valence-corrected chi connectivity index (χ2v) is 5.55. The van der Waals surface area contributed by atoms with E-state index in [9.17, 15) is 9.90 Å². The molecule has 2 aromatic carbocycles. The Balaban J connectivity index is 1.60. The van der Waals surface area contributed by atoms with Gasteiger partial charge in [0.25, 0.3) is 0 Å². The Morgan fingerprint density at radius 2 is 1.96 bits per heavy atom. The first-order valence-electron chi connectivity index (χ1n) is 8.13. The SMILES string of the molecule is N#Cc1cccc(OCC(O)CNCCOc2ccc(C(N)=O)cc2)c1. The molecular formula is C19H21N3O4. The number of aliphatic hydroxyl groups is 1. The maximum Gasteiger partial charge on any atom is 0.248 e. The monoisotopic (exact) mass is 355 g/mol. The first-order valence-corrected chi connectivity index (χ1v) is 8.13. The third-order valence-electron chi connectivity index (χ3n) is 3.47. The van der Waals surface area contributed by atoms with Crippen molar-refractivity contribution in [3.8, 4) is 17.6 Å². The molecule has 0 aliphatic rings. The number of nitriles is 1. The van der Waals surface area contributed by atoms with Gasteiger partial charge in [-0.25, -0.2) is 0 Å². The highest BCUT2D eigenvalue weighted by atomic mass is 16.5. The smallest absolute Gasteiger partial charge is 0.248 e. The van der Waals surface area contributed by atoms with E-state index in [-0.39, 0.29) is 6.61 Å². The number of hydrogen-bond donors (Lipinski definition) is 3. The maximum atomic E-state index is 11.0. The minimum absolute atomic E-state index is 0.122. The summed E-state index contributed by atoms with van der Waals surface area (Å²) in [5.41, 5.74) is 6.11. The summed E-state index contributed by atoms with van der Waals surface area (Å²) in [6.45, 7) is 1.42. The molecular weight excluding hydrogens is 334 g/mol. The van der Waals surface area contributed by atoms with Gasteiger partial charge in [0.1, 0.15) is 30.8 Å². The predicted molar refractivity (Wildman–Crippen MR) is 96.0 cm³/mol. The zero-order chi connectivity index (χ0) is 18.8. The van der Waals surface area contributed by atoms with Crippen LogP contribution in [0, 0.1) is 11.3 Å². The van der Waals surface area contributed by atoms with Gasteiger partial charge in [-0.2, -0.15) is 5.26 Å². The molecule has 7 nitrogen and oxygen atoms in total. The van der Waals surface area contributed by atoms with Gasteiger partial charge < -0.3 is 25.6 Å². The number of rotatable bonds is 10. The van der Waals surface area contributed by atoms with E-state index in [1.165, 1.54) is 0 Å². The highest BCUT2D eigenvalue weighted by Gasteiger charge is 2.06. The lowest BCUT2D eigenvalue weighted by Crippen LogP contribution is -2.33. The molecule has 136 valence electrons. The fourth-order valence-electron chi connectivity index (χ4n) is 2.13. The Morgan fingerprint density at radius 1 is 1.19 bits per heavy atom. The van der Waals surface area contributed by atoms with Gasteiger partial charge in [-0.15, -0.1) is 0 Å². The predicted octanol–water partition coefficient (Wildman–Crippen LogP) is 1.07. The van der Waals surface area contributed by atoms with Crippen molar-refractivity contribution in [1.29, 1.82) is 5.26 Å². The van der Waals surface area contributed by atoms with Crippen LogP contribution in [0.15, 0.2) is 48.5 Å². The standard InChI is InChI=1S/C19H21N3O4/c20-11-14-2-1-3-18(10-14)26-13-16(23)12-22-8-9-25-17-6-4-15(5-7-17)19(21)24/h1-7,10,16,22-23H,8-9,12-13H2,(H2,21,24). The Bertz CT molecular complexity index is 756. The Morgan fingerprint density at radius 3 is 2.65 bits per heavy atom. The van der Waals surface area contributed by atoms with E-state index in [1.54, 1.807) is 48.5 Å². The Labute approximate surface area is 152 Å². The van der Waals surface area contributed by atoms with Crippen molar-refractivity contribution in [2.75, 3.05) is 26.3 Å². The third kappa shape index (κ3) is 6.43. The molecule has 0 fully saturated rings. The van der Waals surface area contributed by atoms with Crippen LogP contribution >= 0.6 is 0 Å². The summed E-state index contributed by atoms with van der Waals surface area (Å²) in [7, 11) is 0. The average molecular weight is 355 g/mol. The van der Waals surface area contributed by atoms with Crippen LogP contribution in [-0.4, -0.2) is 43.4 Å². The largest absolute Gasteiger partial charge is 0.492 e. The van der Waals surface area contributed by atoms with E-state index >= 15 is 0 Å². The summed E-state index contributed by atoms with van der Waals surface area (Å²) in [6.07, 6.45) is -0.685. The molecule has 0 bridgehead atoms. The number of carbonyl (C=O) groups excluding carboxylic acids is 1. The minimum Gasteiger partial charge on any atom is -0.492 e. The molecule has 2 rings (SSSR count). The summed E-state index contributed by atoms with van der Waals surface area (Å²) in [6, 6.07) is 15.4. The van der Waals surface area contributed by atoms with E-state index in [0.29, 0.717) is 42.3 Å². The first kappa shape index (κ1) is 19.2. The van der Waals surface area contributed by atoms with Gasteiger partial charge in [-0.05, 0) is 42.5 Å². The van der Waals surface area contributed by atoms with Crippen molar-refractivity contribution in [2.45, 2.75) is 6.10 Å². The number of primary amides is 1. The molecule has 0 aliphatic heterocycles. The van der Waals surface area contributed by atoms with E-state index in [0.717, 1.165) is 0 Å². The van der Waals surface area contributed by atoms with Gasteiger partial charge in [0, 0.05) is 18.7 Å². The molecule has 26 heavy (non-hydrogen) atoms. The first-order chi connectivity index (χ1) is 12.6. The van der Waals surface area contributed by atoms with E-state index in [2.05, 4.69) is 5.32 Å². The van der Waals surface area contributed by atoms with Crippen molar-refractivity contribution in [1.82, 2.24) is 5.32 Å². The molecule has 1 unspecified atom stereocenters. The lowest BCUT2D eigenvalue weighted by molar-refractivity contribution is 0.1000. The normalized spacial score (nSPS) is 11.4. The van der Waals surface area contributed by atoms with Crippen LogP contribution in [0.25, 0.3) is 0 Å². The molecule has 0 spiro atoms. The lowest BCUT2D eigenvalue weighted by atomic mass is 10.2. The van der Waals surface area contributed by atoms with Gasteiger partial charge >= 0.3 is 0 Å². The van der Waals surface area contributed by atoms with Crippen molar-refractivity contribution < 1.29 is 19.4 Å². The summed E-state index contributed by atoms with van der Waals surface area (Å²) in [5.74, 6) is 0.706. The number of amides is 1. The zero-order valence-corrected chi connectivity index (χ0v) is 14.2. The molecule has 4 N–H and O–H groups in total. The number of carbonyl (C=O) groups is 1. The summed E-state index contributed by atoms with van der Waals surface area (Å²) in [4.78, 5) is 11.0. The second kappa shape index (κ2) is 10.0. The van der Waals surface area contributed by atoms with Crippen molar-refractivity contribution in [3.63, 3.8) is 0 Å². The van der Waals surface area contributed by atoms with Crippen LogP contribution in [0.1, 0.15) is 15.9 Å². The fraction of sp³-hybridized carbons (Fsp3) is 0.263. The number of ether oxygens (including phenoxy) is 2. The summed E-state index contributed by atoms with van der Waals surface area (Å²) < 4.78 is 11.0. The van der Waals surface area contributed by atoms with Crippen molar-refractivity contribution in [2.24, 2.45) is 5.73 Å². The minimum atomic E-state index is -0.685. The maximum absolute atomic E-state index is 11.0. The zero-order valence-electron chi connectivity index (χ0n) is 14.2.